The smallest absolute Gasteiger partial charge is 0.243 e. The van der Waals surface area contributed by atoms with E-state index in [2.05, 4.69) is 10.6 Å². The standard InChI is InChI=1S/C9H16N2O2/c1-3-4-9(12)11-7-5-10-6-8(7)13-2/h3-4,7-8,10H,5-6H2,1-2H3,(H,11,12)/b4-3+. The molecule has 0 saturated carbocycles. The molecule has 2 N–H and O–H groups in total. The van der Waals surface area contributed by atoms with Crippen molar-refractivity contribution in [2.24, 2.45) is 0 Å². The SMILES string of the molecule is C/C=C/C(=O)NC1CNCC1OC. The van der Waals surface area contributed by atoms with Gasteiger partial charge in [-0.3, -0.25) is 4.79 Å². The number of ether oxygens (including phenoxy) is 1. The summed E-state index contributed by atoms with van der Waals surface area (Å²) in [5.74, 6) is -0.0572. The minimum Gasteiger partial charge on any atom is -0.378 e. The molecule has 1 amide bonds. The van der Waals surface area contributed by atoms with Crippen molar-refractivity contribution in [2.75, 3.05) is 20.2 Å². The molecule has 74 valence electrons. The Morgan fingerprint density at radius 3 is 3.00 bits per heavy atom. The van der Waals surface area contributed by atoms with Gasteiger partial charge in [-0.1, -0.05) is 6.08 Å². The molecule has 0 aromatic heterocycles. The van der Waals surface area contributed by atoms with Crippen LogP contribution in [0.4, 0.5) is 0 Å². The first kappa shape index (κ1) is 10.2. The first-order valence-corrected chi connectivity index (χ1v) is 4.44. The lowest BCUT2D eigenvalue weighted by Gasteiger charge is -2.17. The monoisotopic (exact) mass is 184 g/mol. The number of methoxy groups -OCH3 is 1. The summed E-state index contributed by atoms with van der Waals surface area (Å²) in [6, 6.07) is 0.0914. The Hall–Kier alpha value is -0.870. The van der Waals surface area contributed by atoms with Crippen LogP contribution < -0.4 is 10.6 Å². The highest BCUT2D eigenvalue weighted by Crippen LogP contribution is 2.03. The fourth-order valence-electron chi connectivity index (χ4n) is 1.43. The third kappa shape index (κ3) is 2.82. The zero-order valence-corrected chi connectivity index (χ0v) is 8.04. The summed E-state index contributed by atoms with van der Waals surface area (Å²) >= 11 is 0. The number of amides is 1. The van der Waals surface area contributed by atoms with Gasteiger partial charge in [-0.25, -0.2) is 0 Å². The predicted molar refractivity (Wildman–Crippen MR) is 50.4 cm³/mol. The van der Waals surface area contributed by atoms with E-state index in [0.29, 0.717) is 0 Å². The Bertz CT molecular complexity index is 204. The summed E-state index contributed by atoms with van der Waals surface area (Å²) in [6.07, 6.45) is 3.33. The molecule has 1 saturated heterocycles. The Morgan fingerprint density at radius 1 is 1.62 bits per heavy atom. The number of allylic oxidation sites excluding steroid dienone is 1. The lowest BCUT2D eigenvalue weighted by molar-refractivity contribution is -0.117. The van der Waals surface area contributed by atoms with Crippen LogP contribution in [0.15, 0.2) is 12.2 Å². The van der Waals surface area contributed by atoms with Crippen LogP contribution in [-0.2, 0) is 9.53 Å². The maximum atomic E-state index is 11.2. The van der Waals surface area contributed by atoms with Crippen molar-refractivity contribution in [3.63, 3.8) is 0 Å². The van der Waals surface area contributed by atoms with Gasteiger partial charge in [0.1, 0.15) is 0 Å². The van der Waals surface area contributed by atoms with Gasteiger partial charge >= 0.3 is 0 Å². The lowest BCUT2D eigenvalue weighted by Crippen LogP contribution is -2.42. The normalized spacial score (nSPS) is 28.2. The quantitative estimate of drug-likeness (QED) is 0.590. The van der Waals surface area contributed by atoms with Crippen molar-refractivity contribution in [2.45, 2.75) is 19.1 Å². The van der Waals surface area contributed by atoms with E-state index in [4.69, 9.17) is 4.74 Å². The highest BCUT2D eigenvalue weighted by Gasteiger charge is 2.27. The first-order valence-electron chi connectivity index (χ1n) is 4.44. The third-order valence-electron chi connectivity index (χ3n) is 2.11. The van der Waals surface area contributed by atoms with E-state index in [1.165, 1.54) is 6.08 Å². The Morgan fingerprint density at radius 2 is 2.38 bits per heavy atom. The number of carbonyl (C=O) groups is 1. The second-order valence-electron chi connectivity index (χ2n) is 3.05. The van der Waals surface area contributed by atoms with E-state index in [1.54, 1.807) is 13.2 Å². The van der Waals surface area contributed by atoms with Crippen LogP contribution in [0.2, 0.25) is 0 Å². The van der Waals surface area contributed by atoms with Crippen LogP contribution in [0.25, 0.3) is 0 Å². The van der Waals surface area contributed by atoms with Gasteiger partial charge in [0, 0.05) is 20.2 Å². The lowest BCUT2D eigenvalue weighted by atomic mass is 10.2. The van der Waals surface area contributed by atoms with E-state index < -0.39 is 0 Å². The van der Waals surface area contributed by atoms with Crippen LogP contribution in [0, 0.1) is 0 Å². The molecular weight excluding hydrogens is 168 g/mol. The average Bonchev–Trinajstić information content (AvgIpc) is 2.52. The molecule has 13 heavy (non-hydrogen) atoms. The Balaban J connectivity index is 2.39. The zero-order chi connectivity index (χ0) is 9.68. The topological polar surface area (TPSA) is 50.4 Å². The minimum atomic E-state index is -0.0572. The average molecular weight is 184 g/mol. The summed E-state index contributed by atoms with van der Waals surface area (Å²) in [7, 11) is 1.66. The molecule has 4 nitrogen and oxygen atoms in total. The largest absolute Gasteiger partial charge is 0.378 e. The molecule has 1 heterocycles. The number of nitrogens with one attached hydrogen (secondary N) is 2. The number of hydrogen-bond acceptors (Lipinski definition) is 3. The van der Waals surface area contributed by atoms with E-state index in [9.17, 15) is 4.79 Å². The summed E-state index contributed by atoms with van der Waals surface area (Å²) in [6.45, 7) is 3.40. The summed E-state index contributed by atoms with van der Waals surface area (Å²) in [5.41, 5.74) is 0. The van der Waals surface area contributed by atoms with Gasteiger partial charge in [0.2, 0.25) is 5.91 Å². The fourth-order valence-corrected chi connectivity index (χ4v) is 1.43. The molecule has 0 aromatic rings. The van der Waals surface area contributed by atoms with E-state index in [-0.39, 0.29) is 18.1 Å². The van der Waals surface area contributed by atoms with Gasteiger partial charge < -0.3 is 15.4 Å². The zero-order valence-electron chi connectivity index (χ0n) is 8.04. The van der Waals surface area contributed by atoms with Crippen molar-refractivity contribution >= 4 is 5.91 Å². The molecule has 0 aromatic carbocycles. The third-order valence-corrected chi connectivity index (χ3v) is 2.11. The first-order chi connectivity index (χ1) is 6.27. The van der Waals surface area contributed by atoms with Crippen LogP contribution in [0.1, 0.15) is 6.92 Å². The summed E-state index contributed by atoms with van der Waals surface area (Å²) in [4.78, 5) is 11.2. The van der Waals surface area contributed by atoms with Crippen molar-refractivity contribution in [3.05, 3.63) is 12.2 Å². The van der Waals surface area contributed by atoms with Gasteiger partial charge in [-0.05, 0) is 13.0 Å². The molecule has 2 unspecified atom stereocenters. The number of hydrogen-bond donors (Lipinski definition) is 2. The summed E-state index contributed by atoms with van der Waals surface area (Å²) < 4.78 is 5.20. The van der Waals surface area contributed by atoms with Crippen LogP contribution >= 0.6 is 0 Å². The van der Waals surface area contributed by atoms with E-state index in [0.717, 1.165) is 13.1 Å². The van der Waals surface area contributed by atoms with Crippen LogP contribution in [0.3, 0.4) is 0 Å². The second kappa shape index (κ2) is 4.99. The maximum Gasteiger partial charge on any atom is 0.243 e. The van der Waals surface area contributed by atoms with Gasteiger partial charge in [-0.15, -0.1) is 0 Å². The molecule has 4 heteroatoms. The molecule has 0 bridgehead atoms. The fraction of sp³-hybridized carbons (Fsp3) is 0.667. The van der Waals surface area contributed by atoms with Gasteiger partial charge in [-0.2, -0.15) is 0 Å². The molecule has 0 spiro atoms. The number of rotatable bonds is 3. The predicted octanol–water partition coefficient (Wildman–Crippen LogP) is -0.334. The van der Waals surface area contributed by atoms with E-state index >= 15 is 0 Å². The molecular formula is C9H16N2O2. The van der Waals surface area contributed by atoms with Crippen LogP contribution in [0.5, 0.6) is 0 Å². The summed E-state index contributed by atoms with van der Waals surface area (Å²) in [5, 5.41) is 6.02. The van der Waals surface area contributed by atoms with Crippen molar-refractivity contribution < 1.29 is 9.53 Å². The molecule has 1 fully saturated rings. The van der Waals surface area contributed by atoms with Crippen LogP contribution in [-0.4, -0.2) is 38.3 Å². The van der Waals surface area contributed by atoms with Crippen molar-refractivity contribution in [1.82, 2.24) is 10.6 Å². The van der Waals surface area contributed by atoms with E-state index in [1.807, 2.05) is 6.92 Å². The molecule has 1 aliphatic heterocycles. The second-order valence-corrected chi connectivity index (χ2v) is 3.05. The molecule has 1 aliphatic rings. The van der Waals surface area contributed by atoms with Gasteiger partial charge in [0.25, 0.3) is 0 Å². The Kier molecular flexibility index (Phi) is 3.92. The van der Waals surface area contributed by atoms with Crippen molar-refractivity contribution in [1.29, 1.82) is 0 Å². The molecule has 2 atom stereocenters. The number of carbonyl (C=O) groups excluding carboxylic acids is 1. The molecule has 0 radical (unpaired) electrons. The highest BCUT2D eigenvalue weighted by atomic mass is 16.5. The minimum absolute atomic E-state index is 0.0572. The van der Waals surface area contributed by atoms with Crippen molar-refractivity contribution in [3.8, 4) is 0 Å². The molecule has 1 rings (SSSR count). The molecule has 0 aliphatic carbocycles. The van der Waals surface area contributed by atoms with Gasteiger partial charge in [0.05, 0.1) is 12.1 Å². The maximum absolute atomic E-state index is 11.2. The highest BCUT2D eigenvalue weighted by molar-refractivity contribution is 5.87. The Labute approximate surface area is 78.3 Å². The van der Waals surface area contributed by atoms with Gasteiger partial charge in [0.15, 0.2) is 0 Å².